The number of nitrogens with zero attached hydrogens (tertiary/aromatic N) is 3. The first-order valence-corrected chi connectivity index (χ1v) is 10.6. The van der Waals surface area contributed by atoms with Gasteiger partial charge in [-0.25, -0.2) is 0 Å². The highest BCUT2D eigenvalue weighted by Crippen LogP contribution is 2.24. The number of ether oxygens (including phenoxy) is 1. The quantitative estimate of drug-likeness (QED) is 0.514. The molecule has 3 aromatic rings. The van der Waals surface area contributed by atoms with Crippen LogP contribution in [0, 0.1) is 0 Å². The van der Waals surface area contributed by atoms with Crippen molar-refractivity contribution in [2.45, 2.75) is 6.92 Å². The van der Waals surface area contributed by atoms with Crippen molar-refractivity contribution in [2.24, 2.45) is 0 Å². The third-order valence-corrected chi connectivity index (χ3v) is 4.79. The molecule has 32 heavy (non-hydrogen) atoms. The summed E-state index contributed by atoms with van der Waals surface area (Å²) in [5.74, 6) is 0.182. The first kappa shape index (κ1) is 23.3. The number of nitrogens with one attached hydrogen (secondary N) is 2. The summed E-state index contributed by atoms with van der Waals surface area (Å²) in [7, 11) is 3.89. The molecular formula is C23H26ClN5O3. The van der Waals surface area contributed by atoms with Crippen LogP contribution in [0.5, 0.6) is 5.75 Å². The summed E-state index contributed by atoms with van der Waals surface area (Å²) in [6, 6.07) is 13.7. The van der Waals surface area contributed by atoms with E-state index in [1.54, 1.807) is 48.5 Å². The van der Waals surface area contributed by atoms with Gasteiger partial charge in [0, 0.05) is 29.4 Å². The molecule has 0 aliphatic heterocycles. The maximum Gasteiger partial charge on any atom is 0.299 e. The van der Waals surface area contributed by atoms with Gasteiger partial charge in [-0.05, 0) is 63.5 Å². The average molecular weight is 456 g/mol. The predicted molar refractivity (Wildman–Crippen MR) is 127 cm³/mol. The summed E-state index contributed by atoms with van der Waals surface area (Å²) in [5, 5.41) is 10.7. The van der Waals surface area contributed by atoms with Gasteiger partial charge in [0.2, 0.25) is 0 Å². The standard InChI is InChI=1S/C23H26ClN5O3/c1-4-32-20-15-26-29(19-7-5-6-17(24)14-19)23(31)21(20)27-18-10-8-16(9-11-18)22(30)25-12-13-28(2)3/h5-11,14-15,27H,4,12-13H2,1-3H3,(H,25,30). The van der Waals surface area contributed by atoms with Crippen LogP contribution in [0.1, 0.15) is 17.3 Å². The monoisotopic (exact) mass is 455 g/mol. The molecule has 0 aliphatic carbocycles. The van der Waals surface area contributed by atoms with Gasteiger partial charge in [0.1, 0.15) is 0 Å². The Kier molecular flexibility index (Phi) is 7.86. The lowest BCUT2D eigenvalue weighted by molar-refractivity contribution is 0.0951. The number of anilines is 2. The van der Waals surface area contributed by atoms with Gasteiger partial charge in [0.15, 0.2) is 11.4 Å². The fourth-order valence-electron chi connectivity index (χ4n) is 2.95. The number of hydrogen-bond acceptors (Lipinski definition) is 6. The van der Waals surface area contributed by atoms with E-state index in [-0.39, 0.29) is 17.2 Å². The molecular weight excluding hydrogens is 430 g/mol. The molecule has 0 unspecified atom stereocenters. The van der Waals surface area contributed by atoms with Crippen molar-refractivity contribution in [3.63, 3.8) is 0 Å². The number of hydrogen-bond donors (Lipinski definition) is 2. The van der Waals surface area contributed by atoms with Crippen LogP contribution in [0.4, 0.5) is 11.4 Å². The zero-order chi connectivity index (χ0) is 23.1. The summed E-state index contributed by atoms with van der Waals surface area (Å²) in [6.45, 7) is 3.52. The Bertz CT molecular complexity index is 1130. The second-order valence-electron chi connectivity index (χ2n) is 7.28. The van der Waals surface area contributed by atoms with E-state index in [4.69, 9.17) is 16.3 Å². The molecule has 1 heterocycles. The van der Waals surface area contributed by atoms with Crippen LogP contribution in [-0.4, -0.2) is 54.4 Å². The summed E-state index contributed by atoms with van der Waals surface area (Å²) >= 11 is 6.07. The van der Waals surface area contributed by atoms with Crippen LogP contribution in [0.25, 0.3) is 5.69 Å². The predicted octanol–water partition coefficient (Wildman–Crippen LogP) is 3.32. The van der Waals surface area contributed by atoms with E-state index in [1.165, 1.54) is 10.9 Å². The Morgan fingerprint density at radius 2 is 1.94 bits per heavy atom. The molecule has 1 aromatic heterocycles. The van der Waals surface area contributed by atoms with Crippen molar-refractivity contribution in [1.82, 2.24) is 20.0 Å². The number of carbonyl (C=O) groups is 1. The number of halogens is 1. The van der Waals surface area contributed by atoms with Crippen LogP contribution in [-0.2, 0) is 0 Å². The van der Waals surface area contributed by atoms with Gasteiger partial charge in [-0.3, -0.25) is 9.59 Å². The number of likely N-dealkylation sites (N-methyl/N-ethyl adjacent to an activating group) is 1. The molecule has 0 spiro atoms. The van der Waals surface area contributed by atoms with E-state index in [1.807, 2.05) is 25.9 Å². The van der Waals surface area contributed by atoms with Gasteiger partial charge in [0.25, 0.3) is 11.5 Å². The van der Waals surface area contributed by atoms with Crippen LogP contribution in [0.15, 0.2) is 59.5 Å². The van der Waals surface area contributed by atoms with Gasteiger partial charge >= 0.3 is 0 Å². The lowest BCUT2D eigenvalue weighted by Gasteiger charge is -2.14. The van der Waals surface area contributed by atoms with Crippen LogP contribution < -0.4 is 20.9 Å². The molecule has 2 N–H and O–H groups in total. The number of carbonyl (C=O) groups excluding carboxylic acids is 1. The molecule has 8 nitrogen and oxygen atoms in total. The van der Waals surface area contributed by atoms with Crippen molar-refractivity contribution in [3.05, 3.63) is 75.7 Å². The van der Waals surface area contributed by atoms with Gasteiger partial charge in [0.05, 0.1) is 18.5 Å². The summed E-state index contributed by atoms with van der Waals surface area (Å²) in [6.07, 6.45) is 1.49. The van der Waals surface area contributed by atoms with E-state index in [0.29, 0.717) is 40.9 Å². The molecule has 168 valence electrons. The first-order chi connectivity index (χ1) is 15.4. The number of rotatable bonds is 9. The molecule has 3 rings (SSSR count). The van der Waals surface area contributed by atoms with Crippen molar-refractivity contribution in [1.29, 1.82) is 0 Å². The van der Waals surface area contributed by atoms with Crippen LogP contribution in [0.2, 0.25) is 5.02 Å². The molecule has 2 aromatic carbocycles. The van der Waals surface area contributed by atoms with Crippen molar-refractivity contribution < 1.29 is 9.53 Å². The zero-order valence-corrected chi connectivity index (χ0v) is 19.0. The second kappa shape index (κ2) is 10.8. The van der Waals surface area contributed by atoms with Crippen LogP contribution in [0.3, 0.4) is 0 Å². The molecule has 0 atom stereocenters. The Labute approximate surface area is 191 Å². The Hall–Kier alpha value is -3.36. The highest BCUT2D eigenvalue weighted by molar-refractivity contribution is 6.30. The lowest BCUT2D eigenvalue weighted by Crippen LogP contribution is -2.31. The van der Waals surface area contributed by atoms with Gasteiger partial charge in [-0.15, -0.1) is 0 Å². The largest absolute Gasteiger partial charge is 0.490 e. The number of amides is 1. The molecule has 0 radical (unpaired) electrons. The molecule has 1 amide bonds. The van der Waals surface area contributed by atoms with E-state index < -0.39 is 0 Å². The summed E-state index contributed by atoms with van der Waals surface area (Å²) < 4.78 is 6.85. The Balaban J connectivity index is 1.85. The lowest BCUT2D eigenvalue weighted by atomic mass is 10.2. The van der Waals surface area contributed by atoms with Crippen molar-refractivity contribution in [3.8, 4) is 11.4 Å². The highest BCUT2D eigenvalue weighted by atomic mass is 35.5. The molecule has 0 bridgehead atoms. The zero-order valence-electron chi connectivity index (χ0n) is 18.3. The van der Waals surface area contributed by atoms with Gasteiger partial charge in [-0.2, -0.15) is 9.78 Å². The fourth-order valence-corrected chi connectivity index (χ4v) is 3.14. The summed E-state index contributed by atoms with van der Waals surface area (Å²) in [5.41, 5.74) is 1.56. The van der Waals surface area contributed by atoms with E-state index in [2.05, 4.69) is 15.7 Å². The third-order valence-electron chi connectivity index (χ3n) is 4.56. The van der Waals surface area contributed by atoms with Gasteiger partial charge < -0.3 is 20.3 Å². The van der Waals surface area contributed by atoms with Crippen molar-refractivity contribution >= 4 is 28.9 Å². The minimum Gasteiger partial charge on any atom is -0.490 e. The Morgan fingerprint density at radius 1 is 1.19 bits per heavy atom. The minimum absolute atomic E-state index is 0.152. The minimum atomic E-state index is -0.385. The van der Waals surface area contributed by atoms with Gasteiger partial charge in [-0.1, -0.05) is 17.7 Å². The molecule has 0 saturated carbocycles. The fraction of sp³-hybridized carbons (Fsp3) is 0.261. The maximum atomic E-state index is 13.2. The highest BCUT2D eigenvalue weighted by Gasteiger charge is 2.15. The smallest absolute Gasteiger partial charge is 0.299 e. The normalized spacial score (nSPS) is 10.8. The maximum absolute atomic E-state index is 13.2. The topological polar surface area (TPSA) is 88.5 Å². The van der Waals surface area contributed by atoms with E-state index in [9.17, 15) is 9.59 Å². The van der Waals surface area contributed by atoms with E-state index >= 15 is 0 Å². The van der Waals surface area contributed by atoms with Crippen molar-refractivity contribution in [2.75, 3.05) is 39.1 Å². The van der Waals surface area contributed by atoms with Crippen LogP contribution >= 0.6 is 11.6 Å². The Morgan fingerprint density at radius 3 is 2.59 bits per heavy atom. The molecule has 9 heteroatoms. The third kappa shape index (κ3) is 5.87. The first-order valence-electron chi connectivity index (χ1n) is 10.2. The molecule has 0 aliphatic rings. The summed E-state index contributed by atoms with van der Waals surface area (Å²) in [4.78, 5) is 27.4. The molecule has 0 fully saturated rings. The number of aromatic nitrogens is 2. The second-order valence-corrected chi connectivity index (χ2v) is 7.71. The van der Waals surface area contributed by atoms with E-state index in [0.717, 1.165) is 6.54 Å². The molecule has 0 saturated heterocycles. The average Bonchev–Trinajstić information content (AvgIpc) is 2.76. The number of benzene rings is 2. The SMILES string of the molecule is CCOc1cnn(-c2cccc(Cl)c2)c(=O)c1Nc1ccc(C(=O)NCCN(C)C)cc1.